The highest BCUT2D eigenvalue weighted by Crippen LogP contribution is 2.12. The average Bonchev–Trinajstić information content (AvgIpc) is 2.74. The van der Waals surface area contributed by atoms with E-state index in [0.29, 0.717) is 23.5 Å². The molecule has 0 saturated carbocycles. The third-order valence-electron chi connectivity index (χ3n) is 5.23. The van der Waals surface area contributed by atoms with Crippen molar-refractivity contribution in [3.63, 3.8) is 0 Å². The Bertz CT molecular complexity index is 1390. The third-order valence-corrected chi connectivity index (χ3v) is 6.76. The van der Waals surface area contributed by atoms with Gasteiger partial charge in [0.1, 0.15) is 5.82 Å². The van der Waals surface area contributed by atoms with Gasteiger partial charge in [-0.3, -0.25) is 14.2 Å². The lowest BCUT2D eigenvalue weighted by Gasteiger charge is -2.11. The van der Waals surface area contributed by atoms with Gasteiger partial charge in [0.05, 0.1) is 18.1 Å². The second-order valence-electron chi connectivity index (χ2n) is 7.98. The van der Waals surface area contributed by atoms with Crippen LogP contribution in [-0.4, -0.2) is 28.3 Å². The SMILES string of the molecule is Cc1nc(N)ccc1CCC(=O)Cn1c(=O)c(CS(=O)(=O)Cc2ccccc2)cn(C)c1=O. The average molecular weight is 471 g/mol. The predicted molar refractivity (Wildman–Crippen MR) is 125 cm³/mol. The van der Waals surface area contributed by atoms with E-state index in [4.69, 9.17) is 5.73 Å². The first-order valence-corrected chi connectivity index (χ1v) is 12.2. The van der Waals surface area contributed by atoms with E-state index >= 15 is 0 Å². The van der Waals surface area contributed by atoms with Crippen LogP contribution in [0.3, 0.4) is 0 Å². The molecule has 0 aliphatic heterocycles. The zero-order valence-electron chi connectivity index (χ0n) is 18.5. The molecule has 0 atom stereocenters. The fourth-order valence-corrected chi connectivity index (χ4v) is 5.03. The number of Topliss-reactive ketones (excluding diaryl/α,β-unsaturated/α-hetero) is 1. The highest BCUT2D eigenvalue weighted by Gasteiger charge is 2.19. The molecule has 2 heterocycles. The van der Waals surface area contributed by atoms with Crippen LogP contribution >= 0.6 is 0 Å². The molecule has 0 spiro atoms. The van der Waals surface area contributed by atoms with Crippen LogP contribution < -0.4 is 17.0 Å². The Kier molecular flexibility index (Phi) is 7.27. The van der Waals surface area contributed by atoms with Gasteiger partial charge in [-0.2, -0.15) is 0 Å². The van der Waals surface area contributed by atoms with E-state index in [2.05, 4.69) is 4.98 Å². The van der Waals surface area contributed by atoms with E-state index in [1.807, 2.05) is 0 Å². The lowest BCUT2D eigenvalue weighted by atomic mass is 10.1. The first kappa shape index (κ1) is 24.1. The zero-order chi connectivity index (χ0) is 24.2. The summed E-state index contributed by atoms with van der Waals surface area (Å²) >= 11 is 0. The number of nitrogen functional groups attached to an aromatic ring is 1. The molecule has 3 aromatic rings. The minimum atomic E-state index is -3.67. The third kappa shape index (κ3) is 6.26. The van der Waals surface area contributed by atoms with Crippen molar-refractivity contribution in [3.8, 4) is 0 Å². The maximum Gasteiger partial charge on any atom is 0.331 e. The molecule has 10 heteroatoms. The number of carbonyl (C=O) groups excluding carboxylic acids is 1. The lowest BCUT2D eigenvalue weighted by molar-refractivity contribution is -0.119. The number of anilines is 1. The smallest absolute Gasteiger partial charge is 0.331 e. The quantitative estimate of drug-likeness (QED) is 0.496. The molecule has 9 nitrogen and oxygen atoms in total. The summed E-state index contributed by atoms with van der Waals surface area (Å²) in [5.74, 6) is -0.699. The van der Waals surface area contributed by atoms with E-state index in [-0.39, 0.29) is 23.5 Å². The summed E-state index contributed by atoms with van der Waals surface area (Å²) in [6.07, 6.45) is 1.70. The molecule has 33 heavy (non-hydrogen) atoms. The number of hydrogen-bond acceptors (Lipinski definition) is 7. The second-order valence-corrected chi connectivity index (χ2v) is 10.0. The summed E-state index contributed by atoms with van der Waals surface area (Å²) in [6.45, 7) is 1.36. The molecule has 2 N–H and O–H groups in total. The Hall–Kier alpha value is -3.53. The number of nitrogens with zero attached hydrogens (tertiary/aromatic N) is 3. The Morgan fingerprint density at radius 2 is 1.73 bits per heavy atom. The summed E-state index contributed by atoms with van der Waals surface area (Å²) < 4.78 is 27.2. The highest BCUT2D eigenvalue weighted by molar-refractivity contribution is 7.89. The number of pyridine rings is 1. The minimum absolute atomic E-state index is 0.0561. The van der Waals surface area contributed by atoms with E-state index in [9.17, 15) is 22.8 Å². The highest BCUT2D eigenvalue weighted by atomic mass is 32.2. The van der Waals surface area contributed by atoms with E-state index in [0.717, 1.165) is 14.7 Å². The number of rotatable bonds is 9. The van der Waals surface area contributed by atoms with Crippen LogP contribution in [0, 0.1) is 6.92 Å². The van der Waals surface area contributed by atoms with Gasteiger partial charge in [0.25, 0.3) is 5.56 Å². The van der Waals surface area contributed by atoms with Crippen LogP contribution in [0.1, 0.15) is 28.8 Å². The van der Waals surface area contributed by atoms with Crippen molar-refractivity contribution >= 4 is 21.4 Å². The summed E-state index contributed by atoms with van der Waals surface area (Å²) in [5, 5.41) is 0. The van der Waals surface area contributed by atoms with Crippen LogP contribution in [0.25, 0.3) is 0 Å². The molecule has 0 bridgehead atoms. The van der Waals surface area contributed by atoms with Crippen molar-refractivity contribution < 1.29 is 13.2 Å². The van der Waals surface area contributed by atoms with Crippen LogP contribution in [0.15, 0.2) is 58.3 Å². The number of carbonyl (C=O) groups is 1. The fourth-order valence-electron chi connectivity index (χ4n) is 3.55. The zero-order valence-corrected chi connectivity index (χ0v) is 19.3. The van der Waals surface area contributed by atoms with Crippen molar-refractivity contribution in [2.24, 2.45) is 7.05 Å². The molecule has 174 valence electrons. The number of hydrogen-bond donors (Lipinski definition) is 1. The van der Waals surface area contributed by atoms with Crippen molar-refractivity contribution in [2.45, 2.75) is 37.8 Å². The molecular weight excluding hydrogens is 444 g/mol. The summed E-state index contributed by atoms with van der Waals surface area (Å²) in [4.78, 5) is 42.1. The van der Waals surface area contributed by atoms with Gasteiger partial charge < -0.3 is 10.3 Å². The first-order valence-electron chi connectivity index (χ1n) is 10.3. The fraction of sp³-hybridized carbons (Fsp3) is 0.304. The van der Waals surface area contributed by atoms with E-state index in [1.165, 1.54) is 13.2 Å². The summed E-state index contributed by atoms with van der Waals surface area (Å²) in [6, 6.07) is 12.1. The van der Waals surface area contributed by atoms with Gasteiger partial charge >= 0.3 is 5.69 Å². The molecule has 0 saturated heterocycles. The van der Waals surface area contributed by atoms with Gasteiger partial charge in [0.2, 0.25) is 0 Å². The molecule has 0 unspecified atom stereocenters. The number of sulfone groups is 1. The van der Waals surface area contributed by atoms with Gasteiger partial charge in [-0.05, 0) is 30.5 Å². The van der Waals surface area contributed by atoms with Gasteiger partial charge in [-0.15, -0.1) is 0 Å². The maximum absolute atomic E-state index is 12.9. The number of aryl methyl sites for hydroxylation is 3. The maximum atomic E-state index is 12.9. The molecule has 3 rings (SSSR count). The molecule has 1 aromatic carbocycles. The van der Waals surface area contributed by atoms with E-state index < -0.39 is 33.4 Å². The monoisotopic (exact) mass is 470 g/mol. The number of benzene rings is 1. The van der Waals surface area contributed by atoms with E-state index in [1.54, 1.807) is 49.4 Å². The molecule has 0 radical (unpaired) electrons. The van der Waals surface area contributed by atoms with Crippen molar-refractivity contribution in [3.05, 3.63) is 91.9 Å². The topological polar surface area (TPSA) is 134 Å². The Morgan fingerprint density at radius 3 is 2.39 bits per heavy atom. The second kappa shape index (κ2) is 9.95. The Labute approximate surface area is 191 Å². The molecule has 0 amide bonds. The van der Waals surface area contributed by atoms with Gasteiger partial charge in [-0.25, -0.2) is 18.2 Å². The molecule has 0 aliphatic rings. The number of aromatic nitrogens is 3. The molecule has 2 aromatic heterocycles. The molecular formula is C23H26N4O5S. The molecule has 0 aliphatic carbocycles. The standard InChI is InChI=1S/C23H26N4O5S/c1-16-18(9-11-21(24)25-16)8-10-20(28)13-27-22(29)19(12-26(2)23(27)30)15-33(31,32)14-17-6-4-3-5-7-17/h3-7,9,11-12H,8,10,13-15H2,1-2H3,(H2,24,25). The minimum Gasteiger partial charge on any atom is -0.384 e. The van der Waals surface area contributed by atoms with Crippen molar-refractivity contribution in [1.29, 1.82) is 0 Å². The summed E-state index contributed by atoms with van der Waals surface area (Å²) in [5.41, 5.74) is 6.29. The Morgan fingerprint density at radius 1 is 1.03 bits per heavy atom. The van der Waals surface area contributed by atoms with Crippen LogP contribution in [0.2, 0.25) is 0 Å². The van der Waals surface area contributed by atoms with Gasteiger partial charge in [0.15, 0.2) is 15.6 Å². The van der Waals surface area contributed by atoms with Gasteiger partial charge in [0, 0.05) is 30.9 Å². The van der Waals surface area contributed by atoms with Crippen LogP contribution in [0.5, 0.6) is 0 Å². The Balaban J connectivity index is 1.78. The largest absolute Gasteiger partial charge is 0.384 e. The lowest BCUT2D eigenvalue weighted by Crippen LogP contribution is -2.42. The molecule has 0 fully saturated rings. The number of nitrogens with two attached hydrogens (primary N) is 1. The van der Waals surface area contributed by atoms with Crippen molar-refractivity contribution in [2.75, 3.05) is 5.73 Å². The normalized spacial score (nSPS) is 11.5. The predicted octanol–water partition coefficient (Wildman–Crippen LogP) is 1.15. The van der Waals surface area contributed by atoms with Crippen LogP contribution in [-0.2, 0) is 46.2 Å². The van der Waals surface area contributed by atoms with Crippen molar-refractivity contribution in [1.82, 2.24) is 14.1 Å². The first-order chi connectivity index (χ1) is 15.6. The van der Waals surface area contributed by atoms with Crippen LogP contribution in [0.4, 0.5) is 5.82 Å². The van der Waals surface area contributed by atoms with Gasteiger partial charge in [-0.1, -0.05) is 36.4 Å². The summed E-state index contributed by atoms with van der Waals surface area (Å²) in [7, 11) is -2.25. The number of ketones is 1.